The van der Waals surface area contributed by atoms with Crippen LogP contribution >= 0.6 is 11.8 Å². The molecular weight excluding hydrogens is 138 g/mol. The van der Waals surface area contributed by atoms with Crippen LogP contribution in [0.5, 0.6) is 0 Å². The number of thioether (sulfide) groups is 1. The van der Waals surface area contributed by atoms with Crippen LogP contribution in [0.2, 0.25) is 0 Å². The van der Waals surface area contributed by atoms with E-state index in [-0.39, 0.29) is 11.1 Å². The van der Waals surface area contributed by atoms with Crippen LogP contribution in [0.4, 0.5) is 4.79 Å². The van der Waals surface area contributed by atoms with Gasteiger partial charge in [0.1, 0.15) is 0 Å². The van der Waals surface area contributed by atoms with Gasteiger partial charge >= 0.3 is 0 Å². The van der Waals surface area contributed by atoms with Crippen LogP contribution in [-0.2, 0) is 4.79 Å². The Morgan fingerprint density at radius 1 is 1.56 bits per heavy atom. The van der Waals surface area contributed by atoms with Gasteiger partial charge in [0.15, 0.2) is 0 Å². The van der Waals surface area contributed by atoms with Crippen molar-refractivity contribution in [3.63, 3.8) is 0 Å². The van der Waals surface area contributed by atoms with Crippen molar-refractivity contribution in [2.24, 2.45) is 0 Å². The van der Waals surface area contributed by atoms with Crippen LogP contribution in [0.3, 0.4) is 0 Å². The highest BCUT2D eigenvalue weighted by Crippen LogP contribution is 2.15. The Balaban J connectivity index is 2.62. The largest absolute Gasteiger partial charge is 0.287 e. The summed E-state index contributed by atoms with van der Waals surface area (Å²) < 4.78 is 0. The standard InChI is InChI=1S/C5H7NO2S/c1-6-4(7)2-3-9-5(6)8/h2-3H2,1H3. The van der Waals surface area contributed by atoms with Crippen molar-refractivity contribution in [3.8, 4) is 0 Å². The lowest BCUT2D eigenvalue weighted by Crippen LogP contribution is -2.34. The first-order valence-corrected chi connectivity index (χ1v) is 3.63. The number of hydrogen-bond acceptors (Lipinski definition) is 3. The summed E-state index contributed by atoms with van der Waals surface area (Å²) >= 11 is 1.20. The molecule has 0 aromatic rings. The summed E-state index contributed by atoms with van der Waals surface area (Å²) in [5, 5.41) is -0.133. The van der Waals surface area contributed by atoms with Crippen LogP contribution in [0.15, 0.2) is 0 Å². The van der Waals surface area contributed by atoms with Gasteiger partial charge in [-0.1, -0.05) is 11.8 Å². The molecule has 9 heavy (non-hydrogen) atoms. The zero-order valence-electron chi connectivity index (χ0n) is 5.09. The van der Waals surface area contributed by atoms with Crippen molar-refractivity contribution in [1.29, 1.82) is 0 Å². The van der Waals surface area contributed by atoms with E-state index in [2.05, 4.69) is 0 Å². The first-order valence-electron chi connectivity index (χ1n) is 2.65. The molecule has 1 aliphatic rings. The van der Waals surface area contributed by atoms with Crippen molar-refractivity contribution in [3.05, 3.63) is 0 Å². The normalized spacial score (nSPS) is 20.8. The van der Waals surface area contributed by atoms with Crippen molar-refractivity contribution in [1.82, 2.24) is 4.90 Å². The molecule has 0 spiro atoms. The number of rotatable bonds is 0. The number of carbonyl (C=O) groups is 2. The number of imide groups is 1. The van der Waals surface area contributed by atoms with Gasteiger partial charge in [-0.2, -0.15) is 0 Å². The zero-order chi connectivity index (χ0) is 6.85. The minimum atomic E-state index is -0.133. The highest BCUT2D eigenvalue weighted by atomic mass is 32.2. The molecule has 1 fully saturated rings. The summed E-state index contributed by atoms with van der Waals surface area (Å²) in [5.74, 6) is 0.570. The van der Waals surface area contributed by atoms with Crippen LogP contribution in [-0.4, -0.2) is 28.8 Å². The molecule has 0 bridgehead atoms. The molecule has 1 heterocycles. The maximum atomic E-state index is 10.7. The smallest absolute Gasteiger partial charge is 0.276 e. The highest BCUT2D eigenvalue weighted by Gasteiger charge is 2.21. The lowest BCUT2D eigenvalue weighted by molar-refractivity contribution is -0.126. The topological polar surface area (TPSA) is 37.4 Å². The molecule has 0 aliphatic carbocycles. The average molecular weight is 145 g/mol. The van der Waals surface area contributed by atoms with Gasteiger partial charge in [0.25, 0.3) is 5.24 Å². The maximum Gasteiger partial charge on any atom is 0.287 e. The molecule has 2 amide bonds. The van der Waals surface area contributed by atoms with E-state index in [0.29, 0.717) is 12.2 Å². The molecule has 0 atom stereocenters. The summed E-state index contributed by atoms with van der Waals surface area (Å²) in [6.07, 6.45) is 0.493. The Morgan fingerprint density at radius 3 is 2.67 bits per heavy atom. The monoisotopic (exact) mass is 145 g/mol. The maximum absolute atomic E-state index is 10.7. The van der Waals surface area contributed by atoms with E-state index in [9.17, 15) is 9.59 Å². The molecule has 0 unspecified atom stereocenters. The fraction of sp³-hybridized carbons (Fsp3) is 0.600. The SMILES string of the molecule is CN1C(=O)CCSC1=O. The van der Waals surface area contributed by atoms with Gasteiger partial charge in [-0.3, -0.25) is 14.5 Å². The van der Waals surface area contributed by atoms with Gasteiger partial charge in [0.05, 0.1) is 0 Å². The van der Waals surface area contributed by atoms with Crippen molar-refractivity contribution >= 4 is 22.9 Å². The van der Waals surface area contributed by atoms with Crippen LogP contribution in [0.1, 0.15) is 6.42 Å². The van der Waals surface area contributed by atoms with Gasteiger partial charge in [0.2, 0.25) is 5.91 Å². The Labute approximate surface area is 57.4 Å². The molecule has 3 nitrogen and oxygen atoms in total. The fourth-order valence-corrected chi connectivity index (χ4v) is 1.34. The van der Waals surface area contributed by atoms with E-state index < -0.39 is 0 Å². The van der Waals surface area contributed by atoms with Crippen LogP contribution < -0.4 is 0 Å². The summed E-state index contributed by atoms with van der Waals surface area (Å²) in [5.41, 5.74) is 0. The predicted octanol–water partition coefficient (Wildman–Crippen LogP) is 0.702. The van der Waals surface area contributed by atoms with E-state index in [1.807, 2.05) is 0 Å². The molecule has 0 radical (unpaired) electrons. The molecule has 0 aromatic heterocycles. The number of carbonyl (C=O) groups excluding carboxylic acids is 2. The molecule has 1 aliphatic heterocycles. The summed E-state index contributed by atoms with van der Waals surface area (Å²) in [4.78, 5) is 22.5. The van der Waals surface area contributed by atoms with E-state index in [0.717, 1.165) is 4.90 Å². The first-order chi connectivity index (χ1) is 4.22. The van der Waals surface area contributed by atoms with E-state index in [4.69, 9.17) is 0 Å². The predicted molar refractivity (Wildman–Crippen MR) is 35.2 cm³/mol. The van der Waals surface area contributed by atoms with Crippen molar-refractivity contribution < 1.29 is 9.59 Å². The fourth-order valence-electron chi connectivity index (χ4n) is 0.592. The number of hydrogen-bond donors (Lipinski definition) is 0. The van der Waals surface area contributed by atoms with Gasteiger partial charge in [-0.15, -0.1) is 0 Å². The summed E-state index contributed by atoms with van der Waals surface area (Å²) in [6, 6.07) is 0. The lowest BCUT2D eigenvalue weighted by atomic mass is 10.4. The molecular formula is C5H7NO2S. The third-order valence-corrected chi connectivity index (χ3v) is 2.12. The van der Waals surface area contributed by atoms with Gasteiger partial charge in [0, 0.05) is 19.2 Å². The Morgan fingerprint density at radius 2 is 2.22 bits per heavy atom. The molecule has 4 heteroatoms. The number of nitrogens with zero attached hydrogens (tertiary/aromatic N) is 1. The number of amides is 2. The van der Waals surface area contributed by atoms with E-state index in [1.54, 1.807) is 0 Å². The zero-order valence-corrected chi connectivity index (χ0v) is 5.90. The Hall–Kier alpha value is -0.510. The van der Waals surface area contributed by atoms with E-state index in [1.165, 1.54) is 18.8 Å². The lowest BCUT2D eigenvalue weighted by Gasteiger charge is -2.18. The Kier molecular flexibility index (Phi) is 1.75. The molecule has 1 rings (SSSR count). The average Bonchev–Trinajstić information content (AvgIpc) is 1.83. The minimum absolute atomic E-state index is 0.0706. The molecule has 0 N–H and O–H groups in total. The second kappa shape index (κ2) is 2.39. The molecule has 50 valence electrons. The van der Waals surface area contributed by atoms with Crippen molar-refractivity contribution in [2.45, 2.75) is 6.42 Å². The summed E-state index contributed by atoms with van der Waals surface area (Å²) in [6.45, 7) is 0. The van der Waals surface area contributed by atoms with Crippen LogP contribution in [0.25, 0.3) is 0 Å². The first kappa shape index (κ1) is 6.61. The van der Waals surface area contributed by atoms with E-state index >= 15 is 0 Å². The van der Waals surface area contributed by atoms with Crippen LogP contribution in [0, 0.1) is 0 Å². The summed E-state index contributed by atoms with van der Waals surface area (Å²) in [7, 11) is 1.51. The quantitative estimate of drug-likeness (QED) is 0.503. The van der Waals surface area contributed by atoms with Gasteiger partial charge < -0.3 is 0 Å². The third-order valence-electron chi connectivity index (χ3n) is 1.19. The van der Waals surface area contributed by atoms with Gasteiger partial charge in [-0.25, -0.2) is 0 Å². The second-order valence-corrected chi connectivity index (χ2v) is 2.86. The molecule has 1 saturated heterocycles. The van der Waals surface area contributed by atoms with Crippen molar-refractivity contribution in [2.75, 3.05) is 12.8 Å². The minimum Gasteiger partial charge on any atom is -0.276 e. The Bertz CT molecular complexity index is 141. The third kappa shape index (κ3) is 1.24. The highest BCUT2D eigenvalue weighted by molar-refractivity contribution is 8.13. The van der Waals surface area contributed by atoms with Gasteiger partial charge in [-0.05, 0) is 0 Å². The molecule has 0 aromatic carbocycles. The second-order valence-electron chi connectivity index (χ2n) is 1.82. The molecule has 0 saturated carbocycles.